The fourth-order valence-corrected chi connectivity index (χ4v) is 2.10. The summed E-state index contributed by atoms with van der Waals surface area (Å²) in [4.78, 5) is 20.5. The number of hydrogen-bond acceptors (Lipinski definition) is 5. The third-order valence-corrected chi connectivity index (χ3v) is 3.38. The van der Waals surface area contributed by atoms with Crippen molar-refractivity contribution in [2.75, 3.05) is 5.73 Å². The van der Waals surface area contributed by atoms with E-state index in [2.05, 4.69) is 43.7 Å². The molecule has 0 amide bonds. The Morgan fingerprint density at radius 2 is 2.09 bits per heavy atom. The van der Waals surface area contributed by atoms with Crippen LogP contribution >= 0.6 is 0 Å². The molecule has 0 bridgehead atoms. The molecule has 0 aliphatic carbocycles. The third kappa shape index (κ3) is 3.29. The third-order valence-electron chi connectivity index (χ3n) is 3.38. The molecule has 6 nitrogen and oxygen atoms in total. The van der Waals surface area contributed by atoms with Crippen LogP contribution in [0.2, 0.25) is 0 Å². The second-order valence-electron chi connectivity index (χ2n) is 5.34. The first-order valence-corrected chi connectivity index (χ1v) is 7.62. The number of hydrogen-bond donors (Lipinski definition) is 2. The molecule has 0 spiro atoms. The average molecular weight is 306 g/mol. The van der Waals surface area contributed by atoms with Crippen LogP contribution in [0.15, 0.2) is 18.3 Å². The molecule has 0 aromatic carbocycles. The molecule has 3 heterocycles. The quantitative estimate of drug-likeness (QED) is 0.573. The van der Waals surface area contributed by atoms with Crippen LogP contribution in [0.5, 0.6) is 0 Å². The topological polar surface area (TPSA) is 93.4 Å². The van der Waals surface area contributed by atoms with Crippen molar-refractivity contribution < 1.29 is 0 Å². The second-order valence-corrected chi connectivity index (χ2v) is 5.34. The van der Waals surface area contributed by atoms with Gasteiger partial charge in [0.05, 0.1) is 0 Å². The maximum atomic E-state index is 6.02. The zero-order chi connectivity index (χ0) is 16.2. The minimum absolute atomic E-state index is 0.349. The number of pyridine rings is 1. The number of anilines is 1. The number of rotatable bonds is 3. The first kappa shape index (κ1) is 15.0. The van der Waals surface area contributed by atoms with Crippen LogP contribution in [0.3, 0.4) is 0 Å². The van der Waals surface area contributed by atoms with E-state index in [1.165, 1.54) is 0 Å². The predicted octanol–water partition coefficient (Wildman–Crippen LogP) is 2.85. The van der Waals surface area contributed by atoms with Crippen LogP contribution in [0.1, 0.15) is 37.6 Å². The number of nitrogens with two attached hydrogens (primary N) is 1. The maximum absolute atomic E-state index is 6.02. The van der Waals surface area contributed by atoms with Gasteiger partial charge in [0, 0.05) is 12.6 Å². The standard InChI is InChI=1S/C17H18N6/c1-3-4-5-6-7-13-20-14-15(18)22-16(23-17(14)21-13)12-9-8-11(2)10-19-12/h8-10H,3-5H2,1-2H3,(H3,18,20,21,22,23). The van der Waals surface area contributed by atoms with E-state index in [0.717, 1.165) is 24.8 Å². The summed E-state index contributed by atoms with van der Waals surface area (Å²) in [6, 6.07) is 3.83. The minimum atomic E-state index is 0.349. The number of aromatic amines is 1. The van der Waals surface area contributed by atoms with Crippen LogP contribution in [-0.2, 0) is 0 Å². The minimum Gasteiger partial charge on any atom is -0.382 e. The monoisotopic (exact) mass is 306 g/mol. The molecule has 0 unspecified atom stereocenters. The van der Waals surface area contributed by atoms with Crippen LogP contribution in [0.4, 0.5) is 5.82 Å². The molecule has 0 saturated heterocycles. The molecule has 6 heteroatoms. The number of nitrogen functional groups attached to an aromatic ring is 1. The lowest BCUT2D eigenvalue weighted by Crippen LogP contribution is -1.98. The van der Waals surface area contributed by atoms with Crippen LogP contribution in [0.25, 0.3) is 22.7 Å². The highest BCUT2D eigenvalue weighted by atomic mass is 15.1. The summed E-state index contributed by atoms with van der Waals surface area (Å²) in [5.41, 5.74) is 8.88. The molecule has 0 fully saturated rings. The summed E-state index contributed by atoms with van der Waals surface area (Å²) >= 11 is 0. The van der Waals surface area contributed by atoms with Crippen LogP contribution in [0, 0.1) is 18.8 Å². The summed E-state index contributed by atoms with van der Waals surface area (Å²) < 4.78 is 0. The molecular weight excluding hydrogens is 288 g/mol. The van der Waals surface area contributed by atoms with Crippen LogP contribution in [-0.4, -0.2) is 24.9 Å². The lowest BCUT2D eigenvalue weighted by Gasteiger charge is -2.01. The van der Waals surface area contributed by atoms with Gasteiger partial charge in [0.2, 0.25) is 0 Å². The molecule has 0 atom stereocenters. The van der Waals surface area contributed by atoms with E-state index in [9.17, 15) is 0 Å². The number of fused-ring (bicyclic) bond motifs is 1. The van der Waals surface area contributed by atoms with Crippen LogP contribution < -0.4 is 5.73 Å². The summed E-state index contributed by atoms with van der Waals surface area (Å²) in [6.45, 7) is 4.12. The van der Waals surface area contributed by atoms with E-state index in [-0.39, 0.29) is 0 Å². The number of unbranched alkanes of at least 4 members (excludes halogenated alkanes) is 2. The number of aromatic nitrogens is 5. The van der Waals surface area contributed by atoms with Gasteiger partial charge < -0.3 is 10.7 Å². The Bertz CT molecular complexity index is 883. The highest BCUT2D eigenvalue weighted by Crippen LogP contribution is 2.20. The number of imidazole rings is 1. The smallest absolute Gasteiger partial charge is 0.185 e. The summed E-state index contributed by atoms with van der Waals surface area (Å²) in [6.07, 6.45) is 4.83. The Kier molecular flexibility index (Phi) is 4.20. The van der Waals surface area contributed by atoms with Crippen molar-refractivity contribution in [2.24, 2.45) is 0 Å². The van der Waals surface area contributed by atoms with E-state index in [1.807, 2.05) is 19.1 Å². The number of nitrogens with one attached hydrogen (secondary N) is 1. The van der Waals surface area contributed by atoms with Crippen molar-refractivity contribution in [1.29, 1.82) is 0 Å². The Morgan fingerprint density at radius 3 is 2.83 bits per heavy atom. The summed E-state index contributed by atoms with van der Waals surface area (Å²) in [7, 11) is 0. The van der Waals surface area contributed by atoms with Gasteiger partial charge in [-0.1, -0.05) is 25.3 Å². The van der Waals surface area contributed by atoms with Crippen molar-refractivity contribution in [2.45, 2.75) is 33.1 Å². The summed E-state index contributed by atoms with van der Waals surface area (Å²) in [5.74, 6) is 7.47. The first-order valence-electron chi connectivity index (χ1n) is 7.62. The van der Waals surface area contributed by atoms with Crippen molar-refractivity contribution in [3.63, 3.8) is 0 Å². The van der Waals surface area contributed by atoms with E-state index >= 15 is 0 Å². The molecule has 3 aromatic heterocycles. The van der Waals surface area contributed by atoms with Gasteiger partial charge in [-0.25, -0.2) is 15.0 Å². The summed E-state index contributed by atoms with van der Waals surface area (Å²) in [5, 5.41) is 0. The van der Waals surface area contributed by atoms with Gasteiger partial charge in [0.25, 0.3) is 0 Å². The van der Waals surface area contributed by atoms with Gasteiger partial charge in [-0.15, -0.1) is 0 Å². The van der Waals surface area contributed by atoms with E-state index < -0.39 is 0 Å². The first-order chi connectivity index (χ1) is 11.2. The van der Waals surface area contributed by atoms with Crippen molar-refractivity contribution in [1.82, 2.24) is 24.9 Å². The zero-order valence-corrected chi connectivity index (χ0v) is 13.2. The molecule has 116 valence electrons. The molecule has 0 radical (unpaired) electrons. The molecule has 0 saturated carbocycles. The normalized spacial score (nSPS) is 10.5. The van der Waals surface area contributed by atoms with Gasteiger partial charge in [-0.3, -0.25) is 4.98 Å². The predicted molar refractivity (Wildman–Crippen MR) is 90.5 cm³/mol. The lowest BCUT2D eigenvalue weighted by molar-refractivity contribution is 0.828. The number of nitrogens with zero attached hydrogens (tertiary/aromatic N) is 4. The Morgan fingerprint density at radius 1 is 1.22 bits per heavy atom. The van der Waals surface area contributed by atoms with Gasteiger partial charge in [0.15, 0.2) is 23.1 Å². The Hall–Kier alpha value is -2.94. The van der Waals surface area contributed by atoms with Crippen molar-refractivity contribution in [3.05, 3.63) is 29.7 Å². The van der Waals surface area contributed by atoms with Gasteiger partial charge in [-0.05, 0) is 30.9 Å². The Balaban J connectivity index is 1.97. The molecule has 23 heavy (non-hydrogen) atoms. The van der Waals surface area contributed by atoms with Gasteiger partial charge in [-0.2, -0.15) is 0 Å². The molecular formula is C17H18N6. The van der Waals surface area contributed by atoms with Gasteiger partial charge in [0.1, 0.15) is 11.2 Å². The fraction of sp³-hybridized carbons (Fsp3) is 0.294. The second kappa shape index (κ2) is 6.44. The molecule has 0 aliphatic heterocycles. The molecule has 0 aliphatic rings. The van der Waals surface area contributed by atoms with E-state index in [4.69, 9.17) is 5.73 Å². The highest BCUT2D eigenvalue weighted by Gasteiger charge is 2.11. The lowest BCUT2D eigenvalue weighted by atomic mass is 10.2. The molecule has 3 N–H and O–H groups in total. The molecule has 3 aromatic rings. The van der Waals surface area contributed by atoms with E-state index in [0.29, 0.717) is 34.3 Å². The SMILES string of the molecule is CCCCC#Cc1nc2nc(-c3ccc(C)cn3)nc(N)c2[nH]1. The highest BCUT2D eigenvalue weighted by molar-refractivity contribution is 5.83. The Labute approximate surface area is 134 Å². The van der Waals surface area contributed by atoms with Gasteiger partial charge >= 0.3 is 0 Å². The van der Waals surface area contributed by atoms with Crippen molar-refractivity contribution in [3.8, 4) is 23.4 Å². The molecule has 3 rings (SSSR count). The average Bonchev–Trinajstić information content (AvgIpc) is 2.96. The largest absolute Gasteiger partial charge is 0.382 e. The fourth-order valence-electron chi connectivity index (χ4n) is 2.10. The van der Waals surface area contributed by atoms with E-state index in [1.54, 1.807) is 6.20 Å². The van der Waals surface area contributed by atoms with Crippen molar-refractivity contribution >= 4 is 17.0 Å². The number of aryl methyl sites for hydroxylation is 1. The maximum Gasteiger partial charge on any atom is 0.185 e. The number of H-pyrrole nitrogens is 1. The zero-order valence-electron chi connectivity index (χ0n) is 13.2.